The van der Waals surface area contributed by atoms with Crippen LogP contribution in [0.4, 0.5) is 0 Å². The van der Waals surface area contributed by atoms with Crippen molar-refractivity contribution in [2.45, 2.75) is 18.8 Å². The predicted octanol–water partition coefficient (Wildman–Crippen LogP) is -2.26. The van der Waals surface area contributed by atoms with Gasteiger partial charge in [-0.1, -0.05) is 5.21 Å². The fourth-order valence-corrected chi connectivity index (χ4v) is 1.43. The molecule has 72 valence electrons. The van der Waals surface area contributed by atoms with Crippen LogP contribution in [0.1, 0.15) is 5.82 Å². The van der Waals surface area contributed by atoms with Gasteiger partial charge in [-0.3, -0.25) is 4.90 Å². The number of β-amino-alcohol motifs (C(OH)–C–C–N with tert-alkyl or cyclic N) is 2. The van der Waals surface area contributed by atoms with Gasteiger partial charge in [0.1, 0.15) is 0 Å². The monoisotopic (exact) mass is 185 g/mol. The molecular weight excluding hydrogens is 174 g/mol. The van der Waals surface area contributed by atoms with Crippen molar-refractivity contribution in [3.8, 4) is 0 Å². The van der Waals surface area contributed by atoms with Crippen LogP contribution in [-0.4, -0.2) is 61.0 Å². The highest BCUT2D eigenvalue weighted by Crippen LogP contribution is 2.11. The molecule has 0 amide bonds. The van der Waals surface area contributed by atoms with Crippen LogP contribution in [0, 0.1) is 0 Å². The molecule has 0 spiro atoms. The highest BCUT2D eigenvalue weighted by Gasteiger charge is 2.29. The Bertz CT molecular complexity index is 254. The van der Waals surface area contributed by atoms with Gasteiger partial charge < -0.3 is 10.2 Å². The molecule has 1 fully saturated rings. The summed E-state index contributed by atoms with van der Waals surface area (Å²) in [4.78, 5) is 1.88. The molecule has 2 atom stereocenters. The first-order chi connectivity index (χ1) is 6.25. The third-order valence-electron chi connectivity index (χ3n) is 2.09. The normalized spacial score (nSPS) is 29.7. The molecule has 7 heteroatoms. The van der Waals surface area contributed by atoms with Gasteiger partial charge in [0.2, 0.25) is 0 Å². The second-order valence-electron chi connectivity index (χ2n) is 3.16. The molecule has 1 saturated heterocycles. The molecule has 1 aliphatic heterocycles. The Balaban J connectivity index is 1.91. The molecule has 2 heterocycles. The Morgan fingerprint density at radius 2 is 2.08 bits per heavy atom. The fourth-order valence-electron chi connectivity index (χ4n) is 1.43. The van der Waals surface area contributed by atoms with E-state index in [-0.39, 0.29) is 0 Å². The number of aliphatic hydroxyl groups excluding tert-OH is 2. The third kappa shape index (κ3) is 1.82. The summed E-state index contributed by atoms with van der Waals surface area (Å²) >= 11 is 0. The summed E-state index contributed by atoms with van der Waals surface area (Å²) < 4.78 is 0. The first-order valence-electron chi connectivity index (χ1n) is 4.06. The minimum atomic E-state index is -0.660. The summed E-state index contributed by atoms with van der Waals surface area (Å²) in [5, 5.41) is 31.8. The van der Waals surface area contributed by atoms with Crippen molar-refractivity contribution in [1.29, 1.82) is 0 Å². The van der Waals surface area contributed by atoms with E-state index >= 15 is 0 Å². The van der Waals surface area contributed by atoms with Crippen molar-refractivity contribution < 1.29 is 10.2 Å². The number of rotatable bonds is 2. The lowest BCUT2D eigenvalue weighted by Gasteiger charge is -2.10. The van der Waals surface area contributed by atoms with E-state index in [2.05, 4.69) is 20.6 Å². The topological polar surface area (TPSA) is 98.2 Å². The van der Waals surface area contributed by atoms with Gasteiger partial charge in [-0.2, -0.15) is 5.21 Å². The zero-order valence-electron chi connectivity index (χ0n) is 6.96. The van der Waals surface area contributed by atoms with Crippen LogP contribution < -0.4 is 0 Å². The smallest absolute Gasteiger partial charge is 0.188 e. The van der Waals surface area contributed by atoms with Gasteiger partial charge in [-0.05, 0) is 0 Å². The second-order valence-corrected chi connectivity index (χ2v) is 3.16. The largest absolute Gasteiger partial charge is 0.389 e. The lowest BCUT2D eigenvalue weighted by atomic mass is 10.3. The van der Waals surface area contributed by atoms with Crippen molar-refractivity contribution in [2.75, 3.05) is 13.1 Å². The Hall–Kier alpha value is -1.05. The number of nitrogens with zero attached hydrogens (tertiary/aromatic N) is 4. The molecule has 7 nitrogen and oxygen atoms in total. The summed E-state index contributed by atoms with van der Waals surface area (Å²) in [6, 6.07) is 0. The SMILES string of the molecule is O[C@@H]1CN(Cc2nn[nH]n2)C[C@@H]1O. The number of H-pyrrole nitrogens is 1. The molecule has 0 saturated carbocycles. The molecule has 0 bridgehead atoms. The van der Waals surface area contributed by atoms with Crippen LogP contribution in [0.3, 0.4) is 0 Å². The number of hydrogen-bond donors (Lipinski definition) is 3. The molecule has 1 aromatic heterocycles. The summed E-state index contributed by atoms with van der Waals surface area (Å²) in [5.74, 6) is 0.571. The van der Waals surface area contributed by atoms with E-state index in [1.807, 2.05) is 4.90 Å². The van der Waals surface area contributed by atoms with Crippen molar-refractivity contribution >= 4 is 0 Å². The van der Waals surface area contributed by atoms with Crippen LogP contribution in [0.15, 0.2) is 0 Å². The molecule has 1 aliphatic rings. The van der Waals surface area contributed by atoms with E-state index in [0.717, 1.165) is 0 Å². The van der Waals surface area contributed by atoms with Crippen molar-refractivity contribution in [3.63, 3.8) is 0 Å². The van der Waals surface area contributed by atoms with Gasteiger partial charge >= 0.3 is 0 Å². The van der Waals surface area contributed by atoms with Crippen molar-refractivity contribution in [2.24, 2.45) is 0 Å². The molecule has 13 heavy (non-hydrogen) atoms. The Morgan fingerprint density at radius 3 is 2.62 bits per heavy atom. The van der Waals surface area contributed by atoms with Crippen LogP contribution in [0.5, 0.6) is 0 Å². The van der Waals surface area contributed by atoms with Crippen LogP contribution in [0.25, 0.3) is 0 Å². The molecule has 0 radical (unpaired) electrons. The van der Waals surface area contributed by atoms with Crippen LogP contribution >= 0.6 is 0 Å². The maximum absolute atomic E-state index is 9.24. The number of hydrogen-bond acceptors (Lipinski definition) is 6. The minimum Gasteiger partial charge on any atom is -0.389 e. The Kier molecular flexibility index (Phi) is 2.21. The maximum Gasteiger partial charge on any atom is 0.188 e. The summed E-state index contributed by atoms with van der Waals surface area (Å²) in [6.45, 7) is 1.41. The molecule has 2 rings (SSSR count). The number of nitrogens with one attached hydrogen (secondary N) is 1. The zero-order chi connectivity index (χ0) is 9.26. The summed E-state index contributed by atoms with van der Waals surface area (Å²) in [5.41, 5.74) is 0. The van der Waals surface area contributed by atoms with Crippen molar-refractivity contribution in [1.82, 2.24) is 25.5 Å². The van der Waals surface area contributed by atoms with Gasteiger partial charge in [0.25, 0.3) is 0 Å². The quantitative estimate of drug-likeness (QED) is 0.481. The van der Waals surface area contributed by atoms with Gasteiger partial charge in [-0.25, -0.2) is 0 Å². The van der Waals surface area contributed by atoms with Gasteiger partial charge in [0.05, 0.1) is 18.8 Å². The molecule has 0 unspecified atom stereocenters. The molecular formula is C6H11N5O2. The standard InChI is InChI=1S/C6H11N5O2/c12-4-1-11(2-5(4)13)3-6-7-9-10-8-6/h4-5,12-13H,1-3H2,(H,7,8,9,10)/t4-,5+. The summed E-state index contributed by atoms with van der Waals surface area (Å²) in [7, 11) is 0. The average molecular weight is 185 g/mol. The highest BCUT2D eigenvalue weighted by atomic mass is 16.3. The van der Waals surface area contributed by atoms with E-state index in [4.69, 9.17) is 0 Å². The van der Waals surface area contributed by atoms with E-state index in [9.17, 15) is 10.2 Å². The second kappa shape index (κ2) is 3.36. The zero-order valence-corrected chi connectivity index (χ0v) is 6.96. The van der Waals surface area contributed by atoms with E-state index < -0.39 is 12.2 Å². The lowest BCUT2D eigenvalue weighted by molar-refractivity contribution is 0.0572. The average Bonchev–Trinajstić information content (AvgIpc) is 2.64. The van der Waals surface area contributed by atoms with E-state index in [0.29, 0.717) is 25.5 Å². The maximum atomic E-state index is 9.24. The van der Waals surface area contributed by atoms with Crippen LogP contribution in [0.2, 0.25) is 0 Å². The molecule has 3 N–H and O–H groups in total. The first kappa shape index (κ1) is 8.54. The third-order valence-corrected chi connectivity index (χ3v) is 2.09. The van der Waals surface area contributed by atoms with E-state index in [1.54, 1.807) is 0 Å². The van der Waals surface area contributed by atoms with Crippen LogP contribution in [-0.2, 0) is 6.54 Å². The van der Waals surface area contributed by atoms with Crippen molar-refractivity contribution in [3.05, 3.63) is 5.82 Å². The lowest BCUT2D eigenvalue weighted by Crippen LogP contribution is -2.22. The Morgan fingerprint density at radius 1 is 1.38 bits per heavy atom. The minimum absolute atomic E-state index is 0.454. The van der Waals surface area contributed by atoms with Gasteiger partial charge in [0.15, 0.2) is 5.82 Å². The number of aliphatic hydroxyl groups is 2. The highest BCUT2D eigenvalue weighted by molar-refractivity contribution is 4.86. The fraction of sp³-hybridized carbons (Fsp3) is 0.833. The molecule has 0 aliphatic carbocycles. The predicted molar refractivity (Wildman–Crippen MR) is 41.5 cm³/mol. The van der Waals surface area contributed by atoms with Gasteiger partial charge in [-0.15, -0.1) is 10.2 Å². The number of aromatic amines is 1. The number of likely N-dealkylation sites (tertiary alicyclic amines) is 1. The number of tetrazole rings is 1. The first-order valence-corrected chi connectivity index (χ1v) is 4.06. The van der Waals surface area contributed by atoms with E-state index in [1.165, 1.54) is 0 Å². The number of aromatic nitrogens is 4. The Labute approximate surface area is 74.4 Å². The summed E-state index contributed by atoms with van der Waals surface area (Å²) in [6.07, 6.45) is -1.32. The molecule has 0 aromatic carbocycles. The molecule has 1 aromatic rings. The van der Waals surface area contributed by atoms with Gasteiger partial charge in [0, 0.05) is 13.1 Å².